The van der Waals surface area contributed by atoms with Crippen molar-refractivity contribution in [3.05, 3.63) is 71.5 Å². The van der Waals surface area contributed by atoms with Gasteiger partial charge in [0, 0.05) is 31.8 Å². The summed E-state index contributed by atoms with van der Waals surface area (Å²) in [6.07, 6.45) is 6.78. The van der Waals surface area contributed by atoms with E-state index in [1.165, 1.54) is 11.3 Å². The molecular weight excluding hydrogens is 370 g/mol. The van der Waals surface area contributed by atoms with E-state index in [-0.39, 0.29) is 5.91 Å². The number of anilines is 1. The summed E-state index contributed by atoms with van der Waals surface area (Å²) in [5.74, 6) is 0.121. The van der Waals surface area contributed by atoms with Gasteiger partial charge in [-0.1, -0.05) is 35.1 Å². The second-order valence-corrected chi connectivity index (χ2v) is 7.11. The Hall–Kier alpha value is -2.77. The Balaban J connectivity index is 1.80. The lowest BCUT2D eigenvalue weighted by molar-refractivity contribution is 0.0972. The molecule has 0 N–H and O–H groups in total. The molecule has 4 rings (SSSR count). The summed E-state index contributed by atoms with van der Waals surface area (Å²) in [4.78, 5) is 27.7. The number of thiazole rings is 1. The van der Waals surface area contributed by atoms with Gasteiger partial charge in [0.15, 0.2) is 11.0 Å². The molecule has 0 fully saturated rings. The van der Waals surface area contributed by atoms with Crippen LogP contribution in [0.15, 0.2) is 55.1 Å². The number of hydrogen-bond donors (Lipinski definition) is 0. The van der Waals surface area contributed by atoms with Gasteiger partial charge < -0.3 is 4.57 Å². The van der Waals surface area contributed by atoms with E-state index in [4.69, 9.17) is 11.6 Å². The lowest BCUT2D eigenvalue weighted by Gasteiger charge is -2.19. The van der Waals surface area contributed by atoms with Crippen LogP contribution in [0.4, 0.5) is 5.13 Å². The molecule has 6 nitrogen and oxygen atoms in total. The van der Waals surface area contributed by atoms with Crippen molar-refractivity contribution in [3.63, 3.8) is 0 Å². The molecule has 0 unspecified atom stereocenters. The van der Waals surface area contributed by atoms with Crippen LogP contribution in [0.5, 0.6) is 0 Å². The molecule has 0 aliphatic carbocycles. The van der Waals surface area contributed by atoms with E-state index in [1.54, 1.807) is 47.4 Å². The zero-order valence-electron chi connectivity index (χ0n) is 13.8. The summed E-state index contributed by atoms with van der Waals surface area (Å²) in [7, 11) is 1.79. The molecule has 4 aromatic rings. The number of nitrogens with zero attached hydrogens (tertiary/aromatic N) is 5. The van der Waals surface area contributed by atoms with Crippen LogP contribution in [0, 0.1) is 0 Å². The molecule has 3 aromatic heterocycles. The molecule has 26 heavy (non-hydrogen) atoms. The molecule has 0 bridgehead atoms. The van der Waals surface area contributed by atoms with Gasteiger partial charge in [0.2, 0.25) is 0 Å². The molecule has 8 heteroatoms. The van der Waals surface area contributed by atoms with Crippen LogP contribution in [0.2, 0.25) is 5.02 Å². The number of amides is 1. The molecular formula is C18H14ClN5OS. The molecule has 0 saturated carbocycles. The van der Waals surface area contributed by atoms with Crippen LogP contribution in [0.25, 0.3) is 10.2 Å². The number of aromatic nitrogens is 4. The highest BCUT2D eigenvalue weighted by Crippen LogP contribution is 2.34. The standard InChI is InChI=1S/C18H14ClN5OS/c1-23-9-8-21-16(23)17(25)24(11-12-4-3-7-20-10-12)18-22-15-13(19)5-2-6-14(15)26-18/h2-10H,11H2,1H3. The minimum Gasteiger partial charge on any atom is -0.330 e. The van der Waals surface area contributed by atoms with Crippen molar-refractivity contribution in [1.82, 2.24) is 19.5 Å². The number of rotatable bonds is 4. The van der Waals surface area contributed by atoms with Crippen LogP contribution in [-0.4, -0.2) is 25.4 Å². The van der Waals surface area contributed by atoms with Gasteiger partial charge in [-0.15, -0.1) is 0 Å². The summed E-state index contributed by atoms with van der Waals surface area (Å²) in [6, 6.07) is 9.37. The molecule has 0 spiro atoms. The third-order valence-electron chi connectivity index (χ3n) is 3.91. The lowest BCUT2D eigenvalue weighted by Crippen LogP contribution is -2.32. The van der Waals surface area contributed by atoms with E-state index in [2.05, 4.69) is 15.0 Å². The monoisotopic (exact) mass is 383 g/mol. The maximum Gasteiger partial charge on any atom is 0.296 e. The number of hydrogen-bond acceptors (Lipinski definition) is 5. The van der Waals surface area contributed by atoms with Gasteiger partial charge in [-0.25, -0.2) is 9.97 Å². The molecule has 130 valence electrons. The normalized spacial score (nSPS) is 11.0. The fraction of sp³-hybridized carbons (Fsp3) is 0.111. The molecule has 0 atom stereocenters. The van der Waals surface area contributed by atoms with Crippen molar-refractivity contribution in [1.29, 1.82) is 0 Å². The fourth-order valence-electron chi connectivity index (χ4n) is 2.61. The number of pyridine rings is 1. The Morgan fingerprint density at radius 3 is 2.85 bits per heavy atom. The molecule has 1 amide bonds. The van der Waals surface area contributed by atoms with E-state index in [0.29, 0.717) is 28.0 Å². The fourth-order valence-corrected chi connectivity index (χ4v) is 3.87. The molecule has 3 heterocycles. The van der Waals surface area contributed by atoms with Gasteiger partial charge in [0.25, 0.3) is 5.91 Å². The zero-order valence-corrected chi connectivity index (χ0v) is 15.4. The number of carbonyl (C=O) groups is 1. The van der Waals surface area contributed by atoms with Crippen molar-refractivity contribution in [2.45, 2.75) is 6.54 Å². The highest BCUT2D eigenvalue weighted by Gasteiger charge is 2.25. The maximum atomic E-state index is 13.1. The number of carbonyl (C=O) groups excluding carboxylic acids is 1. The number of aryl methyl sites for hydroxylation is 1. The summed E-state index contributed by atoms with van der Waals surface area (Å²) in [5.41, 5.74) is 1.60. The van der Waals surface area contributed by atoms with Crippen molar-refractivity contribution in [2.75, 3.05) is 4.90 Å². The van der Waals surface area contributed by atoms with Crippen LogP contribution < -0.4 is 4.90 Å². The SMILES string of the molecule is Cn1ccnc1C(=O)N(Cc1cccnc1)c1nc2c(Cl)cccc2s1. The number of halogens is 1. The Morgan fingerprint density at radius 1 is 1.27 bits per heavy atom. The number of para-hydroxylation sites is 1. The zero-order chi connectivity index (χ0) is 18.1. The Morgan fingerprint density at radius 2 is 2.15 bits per heavy atom. The Kier molecular flexibility index (Phi) is 4.40. The maximum absolute atomic E-state index is 13.1. The quantitative estimate of drug-likeness (QED) is 0.535. The number of fused-ring (bicyclic) bond motifs is 1. The molecule has 1 aromatic carbocycles. The molecule has 0 saturated heterocycles. The molecule has 0 aliphatic rings. The van der Waals surface area contributed by atoms with E-state index in [1.807, 2.05) is 24.3 Å². The van der Waals surface area contributed by atoms with Crippen molar-refractivity contribution >= 4 is 44.2 Å². The van der Waals surface area contributed by atoms with Gasteiger partial charge in [-0.05, 0) is 23.8 Å². The van der Waals surface area contributed by atoms with E-state index in [0.717, 1.165) is 10.3 Å². The lowest BCUT2D eigenvalue weighted by atomic mass is 10.2. The van der Waals surface area contributed by atoms with E-state index < -0.39 is 0 Å². The van der Waals surface area contributed by atoms with Gasteiger partial charge in [0.05, 0.1) is 16.3 Å². The minimum atomic E-state index is -0.225. The predicted octanol–water partition coefficient (Wildman–Crippen LogP) is 3.93. The third kappa shape index (κ3) is 3.07. The number of imidazole rings is 1. The van der Waals surface area contributed by atoms with E-state index in [9.17, 15) is 4.79 Å². The average molecular weight is 384 g/mol. The summed E-state index contributed by atoms with van der Waals surface area (Å²) in [5, 5.41) is 1.14. The first-order valence-corrected chi connectivity index (χ1v) is 9.06. The summed E-state index contributed by atoms with van der Waals surface area (Å²) >= 11 is 7.68. The van der Waals surface area contributed by atoms with Gasteiger partial charge in [-0.3, -0.25) is 14.7 Å². The average Bonchev–Trinajstić information content (AvgIpc) is 3.27. The number of benzene rings is 1. The smallest absolute Gasteiger partial charge is 0.296 e. The van der Waals surface area contributed by atoms with Crippen molar-refractivity contribution in [3.8, 4) is 0 Å². The summed E-state index contributed by atoms with van der Waals surface area (Å²) < 4.78 is 2.62. The first kappa shape index (κ1) is 16.7. The second kappa shape index (κ2) is 6.86. The van der Waals surface area contributed by atoms with Gasteiger partial charge in [-0.2, -0.15) is 0 Å². The van der Waals surface area contributed by atoms with Crippen molar-refractivity contribution in [2.24, 2.45) is 7.05 Å². The summed E-state index contributed by atoms with van der Waals surface area (Å²) in [6.45, 7) is 0.344. The topological polar surface area (TPSA) is 63.9 Å². The van der Waals surface area contributed by atoms with Crippen LogP contribution in [-0.2, 0) is 13.6 Å². The molecule has 0 aliphatic heterocycles. The van der Waals surface area contributed by atoms with Crippen LogP contribution >= 0.6 is 22.9 Å². The Labute approximate surface area is 158 Å². The van der Waals surface area contributed by atoms with Gasteiger partial charge >= 0.3 is 0 Å². The highest BCUT2D eigenvalue weighted by molar-refractivity contribution is 7.22. The first-order chi connectivity index (χ1) is 12.6. The predicted molar refractivity (Wildman–Crippen MR) is 103 cm³/mol. The van der Waals surface area contributed by atoms with Crippen LogP contribution in [0.3, 0.4) is 0 Å². The Bertz CT molecular complexity index is 1080. The van der Waals surface area contributed by atoms with Gasteiger partial charge in [0.1, 0.15) is 5.52 Å². The van der Waals surface area contributed by atoms with Crippen molar-refractivity contribution < 1.29 is 4.79 Å². The molecule has 0 radical (unpaired) electrons. The third-order valence-corrected chi connectivity index (χ3v) is 5.26. The largest absolute Gasteiger partial charge is 0.330 e. The highest BCUT2D eigenvalue weighted by atomic mass is 35.5. The first-order valence-electron chi connectivity index (χ1n) is 7.86. The second-order valence-electron chi connectivity index (χ2n) is 5.70. The minimum absolute atomic E-state index is 0.225. The van der Waals surface area contributed by atoms with E-state index >= 15 is 0 Å². The van der Waals surface area contributed by atoms with Crippen LogP contribution in [0.1, 0.15) is 16.2 Å².